The fourth-order valence-corrected chi connectivity index (χ4v) is 2.23. The predicted molar refractivity (Wildman–Crippen MR) is 83.2 cm³/mol. The Hall–Kier alpha value is -3.34. The Kier molecular flexibility index (Phi) is 4.95. The molecule has 0 unspecified atom stereocenters. The van der Waals surface area contributed by atoms with Gasteiger partial charge in [0.15, 0.2) is 5.69 Å². The highest BCUT2D eigenvalue weighted by Gasteiger charge is 2.25. The molecule has 0 radical (unpaired) electrons. The van der Waals surface area contributed by atoms with Crippen LogP contribution < -0.4 is 11.1 Å². The third-order valence-corrected chi connectivity index (χ3v) is 3.35. The number of nitrogen functional groups attached to an aromatic ring is 1. The van der Waals surface area contributed by atoms with Crippen LogP contribution in [-0.4, -0.2) is 42.9 Å². The summed E-state index contributed by atoms with van der Waals surface area (Å²) in [6, 6.07) is 5.67. The summed E-state index contributed by atoms with van der Waals surface area (Å²) in [7, 11) is 0. The molecule has 25 heavy (non-hydrogen) atoms. The largest absolute Gasteiger partial charge is 0.461 e. The zero-order valence-electron chi connectivity index (χ0n) is 13.5. The van der Waals surface area contributed by atoms with Crippen molar-refractivity contribution in [2.45, 2.75) is 20.0 Å². The number of nitrogens with zero attached hydrogens (tertiary/aromatic N) is 6. The van der Waals surface area contributed by atoms with Gasteiger partial charge in [0.2, 0.25) is 11.6 Å². The van der Waals surface area contributed by atoms with Gasteiger partial charge in [-0.05, 0) is 29.4 Å². The lowest BCUT2D eigenvalue weighted by molar-refractivity contribution is -0.687. The molecule has 0 atom stereocenters. The second-order valence-electron chi connectivity index (χ2n) is 5.01. The molecule has 3 aromatic heterocycles. The molecule has 11 heteroatoms. The second kappa shape index (κ2) is 7.49. The fourth-order valence-electron chi connectivity index (χ4n) is 2.23. The highest BCUT2D eigenvalue weighted by molar-refractivity contribution is 5.88. The van der Waals surface area contributed by atoms with Gasteiger partial charge in [0.05, 0.1) is 12.3 Å². The fraction of sp³-hybridized carbons (Fsp3) is 0.286. The summed E-state index contributed by atoms with van der Waals surface area (Å²) in [6.07, 6.45) is 1.72. The van der Waals surface area contributed by atoms with E-state index in [1.807, 2.05) is 23.5 Å². The minimum atomic E-state index is -0.565. The van der Waals surface area contributed by atoms with E-state index in [4.69, 9.17) is 10.5 Å². The van der Waals surface area contributed by atoms with Gasteiger partial charge in [-0.3, -0.25) is 4.98 Å². The van der Waals surface area contributed by atoms with Crippen molar-refractivity contribution < 1.29 is 19.5 Å². The molecule has 4 N–H and O–H groups in total. The number of quaternary nitrogens is 1. The molecular weight excluding hydrogens is 328 g/mol. The van der Waals surface area contributed by atoms with Crippen LogP contribution in [0.2, 0.25) is 0 Å². The molecule has 0 fully saturated rings. The number of rotatable bonds is 7. The lowest BCUT2D eigenvalue weighted by Gasteiger charge is -2.05. The molecule has 0 aromatic carbocycles. The van der Waals surface area contributed by atoms with Gasteiger partial charge in [-0.25, -0.2) is 9.42 Å². The van der Waals surface area contributed by atoms with E-state index >= 15 is 0 Å². The number of aromatic nitrogens is 6. The van der Waals surface area contributed by atoms with Gasteiger partial charge in [-0.2, -0.15) is 4.68 Å². The van der Waals surface area contributed by atoms with Crippen LogP contribution in [0.15, 0.2) is 29.0 Å². The third-order valence-electron chi connectivity index (χ3n) is 3.35. The Morgan fingerprint density at radius 1 is 1.36 bits per heavy atom. The van der Waals surface area contributed by atoms with Crippen LogP contribution in [0.3, 0.4) is 0 Å². The van der Waals surface area contributed by atoms with Crippen molar-refractivity contribution in [3.05, 3.63) is 41.5 Å². The van der Waals surface area contributed by atoms with Gasteiger partial charge < -0.3 is 15.8 Å². The zero-order chi connectivity index (χ0) is 17.6. The first-order valence-electron chi connectivity index (χ1n) is 7.62. The quantitative estimate of drug-likeness (QED) is 0.517. The number of nitrogens with two attached hydrogens (primary N) is 2. The normalized spacial score (nSPS) is 10.8. The van der Waals surface area contributed by atoms with E-state index in [9.17, 15) is 4.79 Å². The SMILES string of the molecule is CCOC(=O)c1nnn(-c2nonc2N)c1C[NH2+]Cc1ccccn1. The maximum Gasteiger partial charge on any atom is 0.361 e. The molecule has 3 rings (SSSR count). The number of anilines is 1. The van der Waals surface area contributed by atoms with Gasteiger partial charge in [-0.1, -0.05) is 11.3 Å². The molecule has 0 spiro atoms. The van der Waals surface area contributed by atoms with Crippen molar-refractivity contribution in [1.29, 1.82) is 0 Å². The van der Waals surface area contributed by atoms with Gasteiger partial charge >= 0.3 is 5.97 Å². The maximum atomic E-state index is 12.1. The second-order valence-corrected chi connectivity index (χ2v) is 5.01. The molecule has 3 heterocycles. The van der Waals surface area contributed by atoms with Crippen molar-refractivity contribution in [1.82, 2.24) is 30.3 Å². The average molecular weight is 345 g/mol. The Morgan fingerprint density at radius 2 is 2.24 bits per heavy atom. The molecule has 11 nitrogen and oxygen atoms in total. The summed E-state index contributed by atoms with van der Waals surface area (Å²) in [5.41, 5.74) is 7.20. The zero-order valence-corrected chi connectivity index (χ0v) is 13.5. The standard InChI is InChI=1S/C14H16N8O3/c1-2-24-14(23)11-10(8-16-7-9-5-3-4-6-17-9)22(21-18-11)13-12(15)19-25-20-13/h3-6,16H,2,7-8H2,1H3,(H2,15,19)/p+1. The van der Waals surface area contributed by atoms with E-state index in [-0.39, 0.29) is 23.9 Å². The predicted octanol–water partition coefficient (Wildman–Crippen LogP) is -0.932. The number of ether oxygens (including phenoxy) is 1. The molecule has 0 aliphatic carbocycles. The minimum absolute atomic E-state index is 0.0475. The van der Waals surface area contributed by atoms with E-state index in [0.717, 1.165) is 5.69 Å². The van der Waals surface area contributed by atoms with Crippen molar-refractivity contribution in [2.75, 3.05) is 12.3 Å². The topological polar surface area (TPSA) is 151 Å². The number of hydrogen-bond donors (Lipinski definition) is 2. The van der Waals surface area contributed by atoms with Gasteiger partial charge in [0.25, 0.3) is 0 Å². The summed E-state index contributed by atoms with van der Waals surface area (Å²) in [5, 5.41) is 17.0. The van der Waals surface area contributed by atoms with E-state index < -0.39 is 5.97 Å². The van der Waals surface area contributed by atoms with Crippen LogP contribution >= 0.6 is 0 Å². The molecule has 0 saturated heterocycles. The van der Waals surface area contributed by atoms with E-state index in [2.05, 4.69) is 30.2 Å². The lowest BCUT2D eigenvalue weighted by Crippen LogP contribution is -2.81. The van der Waals surface area contributed by atoms with Crippen molar-refractivity contribution in [2.24, 2.45) is 0 Å². The maximum absolute atomic E-state index is 12.1. The highest BCUT2D eigenvalue weighted by Crippen LogP contribution is 2.15. The van der Waals surface area contributed by atoms with E-state index in [0.29, 0.717) is 18.8 Å². The smallest absolute Gasteiger partial charge is 0.361 e. The minimum Gasteiger partial charge on any atom is -0.461 e. The number of carbonyl (C=O) groups is 1. The monoisotopic (exact) mass is 345 g/mol. The highest BCUT2D eigenvalue weighted by atomic mass is 16.6. The average Bonchev–Trinajstić information content (AvgIpc) is 3.22. The van der Waals surface area contributed by atoms with Crippen molar-refractivity contribution >= 4 is 11.8 Å². The van der Waals surface area contributed by atoms with Crippen LogP contribution in [0, 0.1) is 0 Å². The Morgan fingerprint density at radius 3 is 2.92 bits per heavy atom. The molecule has 0 amide bonds. The van der Waals surface area contributed by atoms with Gasteiger partial charge in [0, 0.05) is 6.20 Å². The molecular formula is C14H17N8O3+. The van der Waals surface area contributed by atoms with Crippen LogP contribution in [0.25, 0.3) is 5.82 Å². The van der Waals surface area contributed by atoms with Crippen LogP contribution in [0.4, 0.5) is 5.82 Å². The molecule has 130 valence electrons. The van der Waals surface area contributed by atoms with Gasteiger partial charge in [0.1, 0.15) is 18.8 Å². The number of pyridine rings is 1. The van der Waals surface area contributed by atoms with Crippen LogP contribution in [0.1, 0.15) is 28.8 Å². The summed E-state index contributed by atoms with van der Waals surface area (Å²) in [6.45, 7) is 2.94. The molecule has 0 aliphatic rings. The summed E-state index contributed by atoms with van der Waals surface area (Å²) < 4.78 is 10.9. The Labute approximate surface area is 142 Å². The van der Waals surface area contributed by atoms with Crippen molar-refractivity contribution in [3.8, 4) is 5.82 Å². The summed E-state index contributed by atoms with van der Waals surface area (Å²) in [5.74, 6) is -0.347. The third kappa shape index (κ3) is 3.61. The Bertz CT molecular complexity index is 845. The lowest BCUT2D eigenvalue weighted by atomic mass is 10.3. The first-order chi connectivity index (χ1) is 12.2. The first kappa shape index (κ1) is 16.5. The summed E-state index contributed by atoms with van der Waals surface area (Å²) in [4.78, 5) is 16.4. The molecule has 3 aromatic rings. The van der Waals surface area contributed by atoms with Crippen LogP contribution in [0.5, 0.6) is 0 Å². The molecule has 0 saturated carbocycles. The van der Waals surface area contributed by atoms with E-state index in [1.54, 1.807) is 13.1 Å². The van der Waals surface area contributed by atoms with E-state index in [1.165, 1.54) is 4.68 Å². The Balaban J connectivity index is 1.84. The van der Waals surface area contributed by atoms with Gasteiger partial charge in [-0.15, -0.1) is 5.10 Å². The number of carbonyl (C=O) groups excluding carboxylic acids is 1. The number of hydrogen-bond acceptors (Lipinski definition) is 9. The van der Waals surface area contributed by atoms with Crippen molar-refractivity contribution in [3.63, 3.8) is 0 Å². The first-order valence-corrected chi connectivity index (χ1v) is 7.62. The van der Waals surface area contributed by atoms with Crippen LogP contribution in [-0.2, 0) is 17.8 Å². The molecule has 0 bridgehead atoms. The summed E-state index contributed by atoms with van der Waals surface area (Å²) >= 11 is 0. The molecule has 0 aliphatic heterocycles. The number of esters is 1.